The lowest BCUT2D eigenvalue weighted by Gasteiger charge is -2.27. The van der Waals surface area contributed by atoms with Gasteiger partial charge in [0.25, 0.3) is 5.91 Å². The van der Waals surface area contributed by atoms with Crippen molar-refractivity contribution in [2.45, 2.75) is 45.6 Å². The lowest BCUT2D eigenvalue weighted by molar-refractivity contribution is -0.139. The molecule has 1 aliphatic rings. The molecule has 24 heavy (non-hydrogen) atoms. The number of hydrogen-bond donors (Lipinski definition) is 1. The topological polar surface area (TPSA) is 66.8 Å². The van der Waals surface area contributed by atoms with Gasteiger partial charge in [-0.2, -0.15) is 0 Å². The fourth-order valence-electron chi connectivity index (χ4n) is 3.28. The molecule has 1 amide bonds. The minimum Gasteiger partial charge on any atom is -0.481 e. The number of aryl methyl sites for hydroxylation is 2. The number of ether oxygens (including phenoxy) is 1. The zero-order valence-corrected chi connectivity index (χ0v) is 14.2. The smallest absolute Gasteiger partial charge is 0.341 e. The predicted molar refractivity (Wildman–Crippen MR) is 91.2 cm³/mol. The molecule has 1 fully saturated rings. The molecular weight excluding hydrogens is 306 g/mol. The number of rotatable bonds is 6. The second-order valence-electron chi connectivity index (χ2n) is 6.20. The highest BCUT2D eigenvalue weighted by atomic mass is 16.5. The van der Waals surface area contributed by atoms with E-state index in [0.717, 1.165) is 36.8 Å². The Balaban J connectivity index is 2.25. The van der Waals surface area contributed by atoms with Gasteiger partial charge in [0.05, 0.1) is 6.54 Å². The molecule has 1 aromatic rings. The van der Waals surface area contributed by atoms with Crippen LogP contribution in [0.2, 0.25) is 0 Å². The molecule has 0 aliphatic heterocycles. The average Bonchev–Trinajstić information content (AvgIpc) is 3.04. The Morgan fingerprint density at radius 1 is 1.29 bits per heavy atom. The first-order valence-corrected chi connectivity index (χ1v) is 8.14. The molecule has 5 nitrogen and oxygen atoms in total. The minimum absolute atomic E-state index is 0.0733. The van der Waals surface area contributed by atoms with Crippen molar-refractivity contribution in [3.05, 3.63) is 28.8 Å². The number of carboxylic acid groups (broad SMARTS) is 1. The zero-order chi connectivity index (χ0) is 17.7. The van der Waals surface area contributed by atoms with E-state index in [1.807, 2.05) is 13.8 Å². The molecule has 1 N–H and O–H groups in total. The first-order valence-electron chi connectivity index (χ1n) is 8.14. The number of nitrogens with zero attached hydrogens (tertiary/aromatic N) is 1. The summed E-state index contributed by atoms with van der Waals surface area (Å²) in [6, 6.07) is 3.69. The second kappa shape index (κ2) is 7.87. The van der Waals surface area contributed by atoms with Crippen LogP contribution in [-0.4, -0.2) is 41.1 Å². The van der Waals surface area contributed by atoms with Gasteiger partial charge in [-0.3, -0.25) is 4.79 Å². The number of benzene rings is 1. The van der Waals surface area contributed by atoms with Gasteiger partial charge in [-0.05, 0) is 49.9 Å². The molecule has 0 radical (unpaired) electrons. The standard InChI is InChI=1S/C19H23NO4/c1-4-9-20(16-7-5-6-8-16)19(23)15-10-13(2)18(14(3)11-15)24-12-17(21)22/h1,10-11,16H,5-9,12H2,2-3H3,(H,21,22). The molecule has 0 saturated heterocycles. The fourth-order valence-corrected chi connectivity index (χ4v) is 3.28. The maximum absolute atomic E-state index is 12.9. The van der Waals surface area contributed by atoms with Gasteiger partial charge >= 0.3 is 5.97 Å². The molecule has 0 spiro atoms. The quantitative estimate of drug-likeness (QED) is 0.815. The van der Waals surface area contributed by atoms with Crippen LogP contribution < -0.4 is 4.74 Å². The van der Waals surface area contributed by atoms with Crippen molar-refractivity contribution in [3.8, 4) is 18.1 Å². The maximum Gasteiger partial charge on any atom is 0.341 e. The van der Waals surface area contributed by atoms with Crippen LogP contribution in [0.1, 0.15) is 47.2 Å². The molecule has 0 bridgehead atoms. The Kier molecular flexibility index (Phi) is 5.86. The Hall–Kier alpha value is -2.48. The van der Waals surface area contributed by atoms with E-state index >= 15 is 0 Å². The third kappa shape index (κ3) is 4.08. The summed E-state index contributed by atoms with van der Waals surface area (Å²) in [4.78, 5) is 25.3. The Labute approximate surface area is 142 Å². The van der Waals surface area contributed by atoms with Crippen molar-refractivity contribution in [1.29, 1.82) is 0 Å². The largest absolute Gasteiger partial charge is 0.481 e. The monoisotopic (exact) mass is 329 g/mol. The van der Waals surface area contributed by atoms with Gasteiger partial charge < -0.3 is 14.7 Å². The zero-order valence-electron chi connectivity index (χ0n) is 14.2. The summed E-state index contributed by atoms with van der Waals surface area (Å²) < 4.78 is 5.31. The van der Waals surface area contributed by atoms with Crippen LogP contribution in [-0.2, 0) is 4.79 Å². The van der Waals surface area contributed by atoms with E-state index in [-0.39, 0.29) is 11.9 Å². The van der Waals surface area contributed by atoms with E-state index in [0.29, 0.717) is 17.9 Å². The van der Waals surface area contributed by atoms with Crippen molar-refractivity contribution < 1.29 is 19.4 Å². The molecule has 0 unspecified atom stereocenters. The van der Waals surface area contributed by atoms with E-state index in [1.54, 1.807) is 17.0 Å². The average molecular weight is 329 g/mol. The van der Waals surface area contributed by atoms with Crippen LogP contribution in [0.15, 0.2) is 12.1 Å². The summed E-state index contributed by atoms with van der Waals surface area (Å²) >= 11 is 0. The normalized spacial score (nSPS) is 14.2. The van der Waals surface area contributed by atoms with Gasteiger partial charge in [-0.15, -0.1) is 6.42 Å². The second-order valence-corrected chi connectivity index (χ2v) is 6.20. The maximum atomic E-state index is 12.9. The number of carboxylic acids is 1. The molecule has 5 heteroatoms. The molecule has 2 rings (SSSR count). The lowest BCUT2D eigenvalue weighted by atomic mass is 10.0. The Morgan fingerprint density at radius 3 is 2.38 bits per heavy atom. The van der Waals surface area contributed by atoms with Gasteiger partial charge in [0.1, 0.15) is 5.75 Å². The van der Waals surface area contributed by atoms with E-state index < -0.39 is 12.6 Å². The first-order chi connectivity index (χ1) is 11.4. The van der Waals surface area contributed by atoms with Crippen LogP contribution >= 0.6 is 0 Å². The predicted octanol–water partition coefficient (Wildman–Crippen LogP) is 2.78. The van der Waals surface area contributed by atoms with E-state index in [9.17, 15) is 9.59 Å². The highest BCUT2D eigenvalue weighted by molar-refractivity contribution is 5.95. The molecular formula is C19H23NO4. The number of carbonyl (C=O) groups is 2. The van der Waals surface area contributed by atoms with E-state index in [4.69, 9.17) is 16.3 Å². The van der Waals surface area contributed by atoms with Gasteiger partial charge in [0, 0.05) is 11.6 Å². The summed E-state index contributed by atoms with van der Waals surface area (Å²) in [5, 5.41) is 8.75. The van der Waals surface area contributed by atoms with Gasteiger partial charge in [0.2, 0.25) is 0 Å². The number of aliphatic carboxylic acids is 1. The summed E-state index contributed by atoms with van der Waals surface area (Å²) in [6.45, 7) is 3.52. The molecule has 128 valence electrons. The summed E-state index contributed by atoms with van der Waals surface area (Å²) in [7, 11) is 0. The van der Waals surface area contributed by atoms with Crippen molar-refractivity contribution in [2.75, 3.05) is 13.2 Å². The van der Waals surface area contributed by atoms with Crippen molar-refractivity contribution in [3.63, 3.8) is 0 Å². The lowest BCUT2D eigenvalue weighted by Crippen LogP contribution is -2.39. The highest BCUT2D eigenvalue weighted by Gasteiger charge is 2.27. The minimum atomic E-state index is -1.03. The number of carbonyl (C=O) groups excluding carboxylic acids is 1. The number of terminal acetylenes is 1. The third-order valence-electron chi connectivity index (χ3n) is 4.34. The fraction of sp³-hybridized carbons (Fsp3) is 0.474. The SMILES string of the molecule is C#CCN(C(=O)c1cc(C)c(OCC(=O)O)c(C)c1)C1CCCC1. The van der Waals surface area contributed by atoms with Gasteiger partial charge in [0.15, 0.2) is 6.61 Å². The summed E-state index contributed by atoms with van der Waals surface area (Å²) in [5.41, 5.74) is 2.05. The highest BCUT2D eigenvalue weighted by Crippen LogP contribution is 2.28. The number of hydrogen-bond acceptors (Lipinski definition) is 3. The Bertz CT molecular complexity index is 645. The summed E-state index contributed by atoms with van der Waals surface area (Å²) in [5.74, 6) is 1.99. The van der Waals surface area contributed by atoms with Gasteiger partial charge in [-0.25, -0.2) is 4.79 Å². The Morgan fingerprint density at radius 2 is 1.88 bits per heavy atom. The third-order valence-corrected chi connectivity index (χ3v) is 4.34. The number of amides is 1. The van der Waals surface area contributed by atoms with Crippen LogP contribution in [0, 0.1) is 26.2 Å². The molecule has 0 atom stereocenters. The van der Waals surface area contributed by atoms with Gasteiger partial charge in [-0.1, -0.05) is 18.8 Å². The van der Waals surface area contributed by atoms with Crippen LogP contribution in [0.3, 0.4) is 0 Å². The van der Waals surface area contributed by atoms with Crippen LogP contribution in [0.4, 0.5) is 0 Å². The molecule has 1 aromatic carbocycles. The molecule has 0 aromatic heterocycles. The summed E-state index contributed by atoms with van der Waals surface area (Å²) in [6.07, 6.45) is 9.68. The first kappa shape index (κ1) is 17.9. The van der Waals surface area contributed by atoms with Crippen molar-refractivity contribution >= 4 is 11.9 Å². The van der Waals surface area contributed by atoms with Crippen molar-refractivity contribution in [1.82, 2.24) is 4.90 Å². The molecule has 1 saturated carbocycles. The van der Waals surface area contributed by atoms with Crippen LogP contribution in [0.5, 0.6) is 5.75 Å². The molecule has 1 aliphatic carbocycles. The van der Waals surface area contributed by atoms with Crippen LogP contribution in [0.25, 0.3) is 0 Å². The van der Waals surface area contributed by atoms with Crippen molar-refractivity contribution in [2.24, 2.45) is 0 Å². The van der Waals surface area contributed by atoms with E-state index in [1.165, 1.54) is 0 Å². The van der Waals surface area contributed by atoms with E-state index in [2.05, 4.69) is 5.92 Å². The molecule has 0 heterocycles.